The van der Waals surface area contributed by atoms with E-state index in [0.29, 0.717) is 0 Å². The quantitative estimate of drug-likeness (QED) is 0.127. The second-order valence-corrected chi connectivity index (χ2v) is 11.1. The molecule has 4 heterocycles. The SMILES string of the molecule is CCCC[n+]1[c-]n(-c2[c-]ccc3c2c2cccc4c5ccccc5n3c42)c2ccccc21.[Ir+3].[c-]1ccccc1-c1ccccn1. The number of unbranched alkanes of at least 4 members (excludes halogenated alkanes) is 1. The van der Waals surface area contributed by atoms with Gasteiger partial charge in [0, 0.05) is 22.5 Å². The van der Waals surface area contributed by atoms with Crippen LogP contribution in [0.15, 0.2) is 128 Å². The molecule has 0 atom stereocenters. The van der Waals surface area contributed by atoms with Gasteiger partial charge in [-0.05, 0) is 24.2 Å². The van der Waals surface area contributed by atoms with Crippen LogP contribution >= 0.6 is 0 Å². The first-order valence-corrected chi connectivity index (χ1v) is 15.2. The van der Waals surface area contributed by atoms with Gasteiger partial charge in [0.05, 0.1) is 23.1 Å². The number of hydrogen-bond acceptors (Lipinski definition) is 1. The fourth-order valence-electron chi connectivity index (χ4n) is 6.42. The van der Waals surface area contributed by atoms with Gasteiger partial charge in [-0.1, -0.05) is 108 Å². The third-order valence-electron chi connectivity index (χ3n) is 8.40. The first-order valence-electron chi connectivity index (χ1n) is 15.2. The Hall–Kier alpha value is -4.83. The zero-order valence-corrected chi connectivity index (χ0v) is 27.3. The maximum Gasteiger partial charge on any atom is 3.00 e. The number of fused-ring (bicyclic) bond motifs is 7. The van der Waals surface area contributed by atoms with Crippen molar-refractivity contribution in [3.8, 4) is 16.9 Å². The first-order chi connectivity index (χ1) is 21.8. The minimum absolute atomic E-state index is 0. The van der Waals surface area contributed by atoms with Gasteiger partial charge in [0.1, 0.15) is 0 Å². The van der Waals surface area contributed by atoms with E-state index in [4.69, 9.17) is 0 Å². The summed E-state index contributed by atoms with van der Waals surface area (Å²) < 4.78 is 6.89. The van der Waals surface area contributed by atoms with Gasteiger partial charge in [-0.25, -0.2) is 0 Å². The summed E-state index contributed by atoms with van der Waals surface area (Å²) >= 11 is 0. The Labute approximate surface area is 275 Å². The van der Waals surface area contributed by atoms with E-state index in [1.807, 2.05) is 42.5 Å². The van der Waals surface area contributed by atoms with E-state index < -0.39 is 0 Å². The molecule has 4 aromatic heterocycles. The fraction of sp³-hybridized carbons (Fsp3) is 0.100. The van der Waals surface area contributed by atoms with Gasteiger partial charge in [0.15, 0.2) is 0 Å². The van der Waals surface area contributed by atoms with Gasteiger partial charge < -0.3 is 18.5 Å². The van der Waals surface area contributed by atoms with Crippen molar-refractivity contribution in [3.63, 3.8) is 0 Å². The summed E-state index contributed by atoms with van der Waals surface area (Å²) in [5.74, 6) is 0. The van der Waals surface area contributed by atoms with Gasteiger partial charge in [-0.15, -0.1) is 42.0 Å². The summed E-state index contributed by atoms with van der Waals surface area (Å²) in [4.78, 5) is 4.22. The third-order valence-corrected chi connectivity index (χ3v) is 8.40. The molecule has 0 amide bonds. The Balaban J connectivity index is 0.000000211. The van der Waals surface area contributed by atoms with Crippen molar-refractivity contribution < 1.29 is 24.7 Å². The molecule has 218 valence electrons. The van der Waals surface area contributed by atoms with E-state index >= 15 is 0 Å². The van der Waals surface area contributed by atoms with Crippen LogP contribution in [0.5, 0.6) is 0 Å². The summed E-state index contributed by atoms with van der Waals surface area (Å²) in [7, 11) is 0. The van der Waals surface area contributed by atoms with Crippen LogP contribution in [0.25, 0.3) is 66.1 Å². The zero-order valence-electron chi connectivity index (χ0n) is 24.9. The molecule has 0 N–H and O–H groups in total. The molecule has 0 aliphatic rings. The number of rotatable bonds is 5. The number of aryl methyl sites for hydroxylation is 1. The first kappa shape index (κ1) is 28.9. The number of pyridine rings is 1. The molecule has 9 rings (SSSR count). The number of aromatic nitrogens is 4. The number of nitrogens with zero attached hydrogens (tertiary/aromatic N) is 4. The monoisotopic (exact) mass is 759 g/mol. The zero-order chi connectivity index (χ0) is 29.5. The Kier molecular flexibility index (Phi) is 7.89. The fourth-order valence-corrected chi connectivity index (χ4v) is 6.42. The molecule has 0 bridgehead atoms. The third kappa shape index (κ3) is 4.89. The molecule has 0 fully saturated rings. The van der Waals surface area contributed by atoms with Crippen LogP contribution in [0, 0.1) is 18.5 Å². The molecule has 0 saturated heterocycles. The van der Waals surface area contributed by atoms with Gasteiger partial charge in [-0.3, -0.25) is 0 Å². The summed E-state index contributed by atoms with van der Waals surface area (Å²) in [6.07, 6.45) is 7.75. The predicted octanol–water partition coefficient (Wildman–Crippen LogP) is 9.01. The number of benzene rings is 5. The molecular weight excluding hydrogens is 729 g/mol. The minimum atomic E-state index is 0. The molecule has 0 radical (unpaired) electrons. The Bertz CT molecular complexity index is 2330. The summed E-state index contributed by atoms with van der Waals surface area (Å²) in [5.41, 5.74) is 9.23. The average molecular weight is 759 g/mol. The summed E-state index contributed by atoms with van der Waals surface area (Å²) in [6, 6.07) is 48.6. The van der Waals surface area contributed by atoms with Crippen LogP contribution in [0.2, 0.25) is 0 Å². The van der Waals surface area contributed by atoms with E-state index in [1.54, 1.807) is 6.20 Å². The van der Waals surface area contributed by atoms with E-state index in [9.17, 15) is 0 Å². The van der Waals surface area contributed by atoms with Crippen LogP contribution in [0.1, 0.15) is 19.8 Å². The molecule has 0 aliphatic carbocycles. The molecular formula is C40H30IrN4+. The van der Waals surface area contributed by atoms with Crippen LogP contribution in [-0.4, -0.2) is 14.0 Å². The van der Waals surface area contributed by atoms with Crippen molar-refractivity contribution in [1.82, 2.24) is 14.0 Å². The van der Waals surface area contributed by atoms with Crippen molar-refractivity contribution in [1.29, 1.82) is 0 Å². The van der Waals surface area contributed by atoms with Crippen LogP contribution < -0.4 is 4.57 Å². The Morgan fingerprint density at radius 2 is 1.47 bits per heavy atom. The maximum atomic E-state index is 4.22. The standard InChI is InChI=1S/C29H22N3.C11H8N.Ir/c1-2-3-18-30-19-31(25-15-7-6-14-24(25)30)26-16-9-17-27-28(26)22-12-8-11-21-20-10-4-5-13-23(20)32(27)29(21)22;1-2-6-10(7-3-1)11-8-4-5-9-12-11;/h4-15,17H,2-3,18H2,1H3;1-6,8-9H;/q2*-1;+3. The van der Waals surface area contributed by atoms with E-state index in [0.717, 1.165) is 36.3 Å². The topological polar surface area (TPSA) is 26.1 Å². The van der Waals surface area contributed by atoms with Gasteiger partial charge in [-0.2, -0.15) is 12.1 Å². The van der Waals surface area contributed by atoms with E-state index in [-0.39, 0.29) is 20.1 Å². The molecule has 0 unspecified atom stereocenters. The molecule has 45 heavy (non-hydrogen) atoms. The molecule has 5 heteroatoms. The summed E-state index contributed by atoms with van der Waals surface area (Å²) in [6.45, 7) is 3.20. The number of imidazole rings is 1. The normalized spacial score (nSPS) is 11.3. The smallest absolute Gasteiger partial charge is 0.341 e. The van der Waals surface area contributed by atoms with Gasteiger partial charge in [0.25, 0.3) is 0 Å². The Morgan fingerprint density at radius 1 is 0.689 bits per heavy atom. The second-order valence-electron chi connectivity index (χ2n) is 11.1. The van der Waals surface area contributed by atoms with Crippen molar-refractivity contribution in [3.05, 3.63) is 146 Å². The molecule has 0 aliphatic heterocycles. The molecule has 5 aromatic carbocycles. The summed E-state index contributed by atoms with van der Waals surface area (Å²) in [5, 5.41) is 5.12. The van der Waals surface area contributed by atoms with Crippen LogP contribution in [0.4, 0.5) is 0 Å². The van der Waals surface area contributed by atoms with Crippen molar-refractivity contribution in [2.75, 3.05) is 0 Å². The van der Waals surface area contributed by atoms with Crippen LogP contribution in [-0.2, 0) is 26.7 Å². The number of hydrogen-bond donors (Lipinski definition) is 0. The van der Waals surface area contributed by atoms with Gasteiger partial charge >= 0.3 is 20.1 Å². The predicted molar refractivity (Wildman–Crippen MR) is 179 cm³/mol. The van der Waals surface area contributed by atoms with E-state index in [1.165, 1.54) is 49.1 Å². The molecule has 0 saturated carbocycles. The Morgan fingerprint density at radius 3 is 2.29 bits per heavy atom. The van der Waals surface area contributed by atoms with Crippen molar-refractivity contribution in [2.45, 2.75) is 26.3 Å². The maximum absolute atomic E-state index is 4.22. The van der Waals surface area contributed by atoms with Crippen molar-refractivity contribution >= 4 is 49.1 Å². The molecule has 4 nitrogen and oxygen atoms in total. The van der Waals surface area contributed by atoms with Crippen LogP contribution in [0.3, 0.4) is 0 Å². The van der Waals surface area contributed by atoms with E-state index in [2.05, 4.69) is 123 Å². The minimum Gasteiger partial charge on any atom is -0.341 e. The second kappa shape index (κ2) is 12.3. The largest absolute Gasteiger partial charge is 3.00 e. The molecule has 0 spiro atoms. The van der Waals surface area contributed by atoms with Gasteiger partial charge in [0.2, 0.25) is 6.33 Å². The molecule has 9 aromatic rings. The number of para-hydroxylation sites is 4. The van der Waals surface area contributed by atoms with Crippen molar-refractivity contribution in [2.24, 2.45) is 0 Å². The average Bonchev–Trinajstić information content (AvgIpc) is 3.76.